The van der Waals surface area contributed by atoms with Gasteiger partial charge in [-0.2, -0.15) is 0 Å². The van der Waals surface area contributed by atoms with Crippen molar-refractivity contribution in [2.45, 2.75) is 0 Å². The molecule has 0 fully saturated rings. The molecule has 0 aliphatic heterocycles. The third-order valence-corrected chi connectivity index (χ3v) is 6.27. The van der Waals surface area contributed by atoms with Gasteiger partial charge in [0.25, 0.3) is 0 Å². The van der Waals surface area contributed by atoms with E-state index in [1.807, 2.05) is 42.6 Å². The summed E-state index contributed by atoms with van der Waals surface area (Å²) in [5.74, 6) is 0.714. The largest absolute Gasteiger partial charge is 0.252 e. The highest BCUT2D eigenvalue weighted by Crippen LogP contribution is 2.26. The molecular formula is C19H17B5BrN3. The second-order valence-electron chi connectivity index (χ2n) is 7.28. The SMILES string of the molecule is Bc1c(B)c(B)c(-c2nc(-c3cccc(Br)c3)nc3cccnc23)c(B)c1B. The van der Waals surface area contributed by atoms with Gasteiger partial charge in [-0.1, -0.05) is 39.0 Å². The smallest absolute Gasteiger partial charge is 0.160 e. The van der Waals surface area contributed by atoms with Crippen molar-refractivity contribution in [2.75, 3.05) is 0 Å². The minimum atomic E-state index is 0.714. The van der Waals surface area contributed by atoms with Crippen LogP contribution in [0.2, 0.25) is 0 Å². The van der Waals surface area contributed by atoms with E-state index in [4.69, 9.17) is 9.97 Å². The second kappa shape index (κ2) is 7.28. The van der Waals surface area contributed by atoms with Crippen LogP contribution >= 0.6 is 15.9 Å². The molecule has 0 aliphatic carbocycles. The fourth-order valence-electron chi connectivity index (χ4n) is 3.75. The Morgan fingerprint density at radius 1 is 0.750 bits per heavy atom. The Balaban J connectivity index is 2.11. The number of rotatable bonds is 2. The van der Waals surface area contributed by atoms with Gasteiger partial charge in [0.15, 0.2) is 5.82 Å². The molecule has 0 unspecified atom stereocenters. The Morgan fingerprint density at radius 3 is 2.11 bits per heavy atom. The second-order valence-corrected chi connectivity index (χ2v) is 8.19. The van der Waals surface area contributed by atoms with E-state index in [9.17, 15) is 0 Å². The first-order valence-electron chi connectivity index (χ1n) is 9.34. The highest BCUT2D eigenvalue weighted by atomic mass is 79.9. The van der Waals surface area contributed by atoms with Crippen molar-refractivity contribution in [3.63, 3.8) is 0 Å². The van der Waals surface area contributed by atoms with Crippen molar-refractivity contribution in [1.29, 1.82) is 0 Å². The van der Waals surface area contributed by atoms with E-state index in [1.165, 1.54) is 32.9 Å². The van der Waals surface area contributed by atoms with Gasteiger partial charge in [-0.3, -0.25) is 4.98 Å². The lowest BCUT2D eigenvalue weighted by molar-refractivity contribution is 1.21. The number of benzene rings is 2. The molecule has 4 aromatic rings. The van der Waals surface area contributed by atoms with Crippen LogP contribution in [0.4, 0.5) is 0 Å². The molecule has 9 heteroatoms. The lowest BCUT2D eigenvalue weighted by Crippen LogP contribution is -2.55. The monoisotopic (exact) mass is 421 g/mol. The minimum absolute atomic E-state index is 0.714. The molecule has 4 rings (SSSR count). The van der Waals surface area contributed by atoms with Crippen molar-refractivity contribution < 1.29 is 0 Å². The summed E-state index contributed by atoms with van der Waals surface area (Å²) in [5, 5.41) is 0. The molecular weight excluding hydrogens is 404 g/mol. The zero-order chi connectivity index (χ0) is 20.0. The maximum Gasteiger partial charge on any atom is 0.160 e. The van der Waals surface area contributed by atoms with Gasteiger partial charge >= 0.3 is 0 Å². The topological polar surface area (TPSA) is 38.7 Å². The van der Waals surface area contributed by atoms with Crippen LogP contribution in [0.25, 0.3) is 33.7 Å². The van der Waals surface area contributed by atoms with Gasteiger partial charge in [0.05, 0.1) is 11.2 Å². The van der Waals surface area contributed by atoms with Gasteiger partial charge in [0, 0.05) is 16.2 Å². The predicted octanol–water partition coefficient (Wildman–Crippen LogP) is -3.59. The number of fused-ring (bicyclic) bond motifs is 1. The van der Waals surface area contributed by atoms with Crippen molar-refractivity contribution in [3.05, 3.63) is 47.1 Å². The van der Waals surface area contributed by atoms with Crippen LogP contribution in [0.5, 0.6) is 0 Å². The van der Waals surface area contributed by atoms with Gasteiger partial charge in [-0.15, -0.1) is 16.4 Å². The highest BCUT2D eigenvalue weighted by Gasteiger charge is 2.19. The standard InChI is InChI=1S/C19H17B5BrN3/c20-12-11(13(21)15(23)16(24)14(12)22)18-17-10(5-2-6-26-17)27-19(28-18)8-3-1-4-9(25)7-8/h1-7H,20-24H2. The molecule has 0 atom stereocenters. The van der Waals surface area contributed by atoms with Crippen molar-refractivity contribution >= 4 is 93.5 Å². The van der Waals surface area contributed by atoms with E-state index in [0.717, 1.165) is 26.8 Å². The molecule has 0 aliphatic rings. The van der Waals surface area contributed by atoms with Crippen LogP contribution in [0.15, 0.2) is 47.1 Å². The first-order chi connectivity index (χ1) is 13.4. The third kappa shape index (κ3) is 3.12. The molecule has 28 heavy (non-hydrogen) atoms. The van der Waals surface area contributed by atoms with Crippen LogP contribution in [-0.2, 0) is 0 Å². The molecule has 130 valence electrons. The summed E-state index contributed by atoms with van der Waals surface area (Å²) in [6.07, 6.45) is 1.81. The van der Waals surface area contributed by atoms with Crippen LogP contribution in [0, 0.1) is 0 Å². The van der Waals surface area contributed by atoms with Crippen LogP contribution in [0.1, 0.15) is 0 Å². The van der Waals surface area contributed by atoms with Crippen LogP contribution < -0.4 is 27.3 Å². The molecule has 0 bridgehead atoms. The summed E-state index contributed by atoms with van der Waals surface area (Å²) < 4.78 is 1.01. The Kier molecular flexibility index (Phi) is 4.96. The molecule has 0 radical (unpaired) electrons. The van der Waals surface area contributed by atoms with Crippen molar-refractivity contribution in [1.82, 2.24) is 15.0 Å². The number of hydrogen-bond acceptors (Lipinski definition) is 3. The quantitative estimate of drug-likeness (QED) is 0.315. The average molecular weight is 421 g/mol. The number of nitrogens with zero attached hydrogens (tertiary/aromatic N) is 3. The van der Waals surface area contributed by atoms with E-state index in [2.05, 4.69) is 60.1 Å². The van der Waals surface area contributed by atoms with Crippen molar-refractivity contribution in [2.24, 2.45) is 0 Å². The van der Waals surface area contributed by atoms with Crippen LogP contribution in [-0.4, -0.2) is 54.2 Å². The van der Waals surface area contributed by atoms with Gasteiger partial charge in [-0.25, -0.2) is 9.97 Å². The van der Waals surface area contributed by atoms with E-state index < -0.39 is 0 Å². The van der Waals surface area contributed by atoms with E-state index in [-0.39, 0.29) is 0 Å². The van der Waals surface area contributed by atoms with Gasteiger partial charge in [0.1, 0.15) is 44.7 Å². The Labute approximate surface area is 178 Å². The number of aromatic nitrogens is 3. The average Bonchev–Trinajstić information content (AvgIpc) is 2.70. The summed E-state index contributed by atoms with van der Waals surface area (Å²) in [7, 11) is 10.9. The van der Waals surface area contributed by atoms with Gasteiger partial charge in [-0.05, 0) is 29.8 Å². The van der Waals surface area contributed by atoms with Gasteiger partial charge < -0.3 is 0 Å². The summed E-state index contributed by atoms with van der Waals surface area (Å²) in [4.78, 5) is 14.5. The molecule has 2 heterocycles. The molecule has 0 N–H and O–H groups in total. The predicted molar refractivity (Wildman–Crippen MR) is 137 cm³/mol. The molecule has 0 saturated carbocycles. The summed E-state index contributed by atoms with van der Waals surface area (Å²) in [6.45, 7) is 0. The summed E-state index contributed by atoms with van der Waals surface area (Å²) in [5.41, 5.74) is 11.2. The maximum absolute atomic E-state index is 5.02. The van der Waals surface area contributed by atoms with E-state index in [0.29, 0.717) is 5.82 Å². The molecule has 2 aromatic heterocycles. The molecule has 3 nitrogen and oxygen atoms in total. The third-order valence-electron chi connectivity index (χ3n) is 5.77. The maximum atomic E-state index is 5.02. The number of pyridine rings is 1. The molecule has 2 aromatic carbocycles. The van der Waals surface area contributed by atoms with E-state index >= 15 is 0 Å². The number of halogens is 1. The Bertz CT molecular complexity index is 1220. The first-order valence-corrected chi connectivity index (χ1v) is 10.1. The lowest BCUT2D eigenvalue weighted by Gasteiger charge is -2.20. The molecule has 0 spiro atoms. The zero-order valence-electron chi connectivity index (χ0n) is 16.8. The number of hydrogen-bond donors (Lipinski definition) is 0. The van der Waals surface area contributed by atoms with Gasteiger partial charge in [0.2, 0.25) is 0 Å². The zero-order valence-corrected chi connectivity index (χ0v) is 18.3. The highest BCUT2D eigenvalue weighted by molar-refractivity contribution is 9.10. The summed E-state index contributed by atoms with van der Waals surface area (Å²) >= 11 is 3.55. The summed E-state index contributed by atoms with van der Waals surface area (Å²) in [6, 6.07) is 12.0. The molecule has 0 amide bonds. The fourth-order valence-corrected chi connectivity index (χ4v) is 4.15. The lowest BCUT2D eigenvalue weighted by atomic mass is 9.60. The van der Waals surface area contributed by atoms with Crippen LogP contribution in [0.3, 0.4) is 0 Å². The minimum Gasteiger partial charge on any atom is -0.252 e. The van der Waals surface area contributed by atoms with E-state index in [1.54, 1.807) is 0 Å². The Hall–Kier alpha value is -2.27. The Morgan fingerprint density at radius 2 is 1.43 bits per heavy atom. The normalized spacial score (nSPS) is 11.0. The first kappa shape index (κ1) is 19.1. The fraction of sp³-hybridized carbons (Fsp3) is 0. The molecule has 0 saturated heterocycles. The van der Waals surface area contributed by atoms with Crippen molar-refractivity contribution in [3.8, 4) is 22.6 Å².